The Morgan fingerprint density at radius 3 is 2.75 bits per heavy atom. The summed E-state index contributed by atoms with van der Waals surface area (Å²) in [6.07, 6.45) is 4.25. The number of rotatable bonds is 4. The Morgan fingerprint density at radius 2 is 2.10 bits per heavy atom. The molecular weight excluding hydrogens is 262 g/mol. The number of amides is 1. The van der Waals surface area contributed by atoms with Gasteiger partial charge in [-0.3, -0.25) is 9.59 Å². The predicted molar refractivity (Wildman–Crippen MR) is 69.4 cm³/mol. The monoisotopic (exact) mass is 275 g/mol. The van der Waals surface area contributed by atoms with Gasteiger partial charge in [0.15, 0.2) is 11.5 Å². The summed E-state index contributed by atoms with van der Waals surface area (Å²) in [4.78, 5) is 24.0. The molecule has 0 saturated heterocycles. The molecule has 104 valence electrons. The molecule has 0 aliphatic carbocycles. The highest BCUT2D eigenvalue weighted by molar-refractivity contribution is 5.85. The quantitative estimate of drug-likeness (QED) is 0.804. The Morgan fingerprint density at radius 1 is 1.40 bits per heavy atom. The number of carbonyl (C=O) groups excluding carboxylic acids is 1. The Balaban J connectivity index is 2.10. The number of hydrogen-bond acceptors (Lipinski definition) is 4. The highest BCUT2D eigenvalue weighted by Crippen LogP contribution is 2.31. The smallest absolute Gasteiger partial charge is 0.323 e. The van der Waals surface area contributed by atoms with Crippen LogP contribution in [0.1, 0.15) is 0 Å². The maximum absolute atomic E-state index is 12.2. The topological polar surface area (TPSA) is 76.1 Å². The van der Waals surface area contributed by atoms with Gasteiger partial charge < -0.3 is 19.5 Å². The maximum atomic E-state index is 12.2. The summed E-state index contributed by atoms with van der Waals surface area (Å²) in [7, 11) is 0. The molecule has 20 heavy (non-hydrogen) atoms. The van der Waals surface area contributed by atoms with Crippen molar-refractivity contribution in [1.29, 1.82) is 0 Å². The molecule has 1 unspecified atom stereocenters. The molecule has 1 aromatic rings. The van der Waals surface area contributed by atoms with Gasteiger partial charge in [-0.05, 0) is 12.1 Å². The minimum atomic E-state index is -1.13. The van der Waals surface area contributed by atoms with E-state index in [0.717, 1.165) is 4.90 Å². The van der Waals surface area contributed by atoms with Gasteiger partial charge in [0.1, 0.15) is 13.2 Å². The van der Waals surface area contributed by atoms with Gasteiger partial charge >= 0.3 is 5.97 Å². The number of carboxylic acids is 1. The molecule has 1 aromatic carbocycles. The van der Waals surface area contributed by atoms with Gasteiger partial charge in [-0.25, -0.2) is 0 Å². The summed E-state index contributed by atoms with van der Waals surface area (Å²) >= 11 is 0. The van der Waals surface area contributed by atoms with Gasteiger partial charge in [-0.15, -0.1) is 6.42 Å². The van der Waals surface area contributed by atoms with Crippen LogP contribution in [-0.4, -0.2) is 47.7 Å². The van der Waals surface area contributed by atoms with Gasteiger partial charge in [-0.2, -0.15) is 0 Å². The summed E-state index contributed by atoms with van der Waals surface area (Å²) in [6.45, 7) is -0.534. The van der Waals surface area contributed by atoms with E-state index in [1.54, 1.807) is 24.3 Å². The summed E-state index contributed by atoms with van der Waals surface area (Å²) < 4.78 is 10.9. The molecular formula is C14H13NO5. The summed E-state index contributed by atoms with van der Waals surface area (Å²) in [6, 6.07) is 6.95. The lowest BCUT2D eigenvalue weighted by molar-refractivity contribution is -0.148. The zero-order valence-electron chi connectivity index (χ0n) is 10.6. The van der Waals surface area contributed by atoms with E-state index in [-0.39, 0.29) is 13.2 Å². The van der Waals surface area contributed by atoms with Crippen molar-refractivity contribution in [2.24, 2.45) is 0 Å². The Kier molecular flexibility index (Phi) is 4.11. The molecule has 0 fully saturated rings. The maximum Gasteiger partial charge on any atom is 0.323 e. The number of aliphatic carboxylic acids is 1. The fourth-order valence-electron chi connectivity index (χ4n) is 1.83. The van der Waals surface area contributed by atoms with Crippen molar-refractivity contribution in [3.63, 3.8) is 0 Å². The molecule has 0 bridgehead atoms. The van der Waals surface area contributed by atoms with Crippen LogP contribution in [-0.2, 0) is 9.59 Å². The van der Waals surface area contributed by atoms with Crippen LogP contribution in [0.2, 0.25) is 0 Å². The standard InChI is InChI=1S/C14H13NO5/c1-2-7-15(8-13(16)17)14(18)12-9-19-10-5-3-4-6-11(10)20-12/h1,3-6,12H,7-9H2,(H,16,17). The van der Waals surface area contributed by atoms with E-state index in [1.165, 1.54) is 0 Å². The molecule has 2 rings (SSSR count). The van der Waals surface area contributed by atoms with Crippen molar-refractivity contribution >= 4 is 11.9 Å². The van der Waals surface area contributed by atoms with Crippen molar-refractivity contribution in [2.75, 3.05) is 19.7 Å². The van der Waals surface area contributed by atoms with Crippen molar-refractivity contribution in [1.82, 2.24) is 4.90 Å². The first-order chi connectivity index (χ1) is 9.61. The molecule has 0 aromatic heterocycles. The normalized spacial score (nSPS) is 16.1. The largest absolute Gasteiger partial charge is 0.485 e. The second-order valence-corrected chi connectivity index (χ2v) is 4.16. The molecule has 6 nitrogen and oxygen atoms in total. The zero-order valence-corrected chi connectivity index (χ0v) is 10.6. The average molecular weight is 275 g/mol. The van der Waals surface area contributed by atoms with Crippen LogP contribution in [0.15, 0.2) is 24.3 Å². The van der Waals surface area contributed by atoms with Crippen LogP contribution in [0.5, 0.6) is 11.5 Å². The molecule has 1 N–H and O–H groups in total. The van der Waals surface area contributed by atoms with Crippen LogP contribution in [0, 0.1) is 12.3 Å². The second kappa shape index (κ2) is 5.97. The van der Waals surface area contributed by atoms with Gasteiger partial charge in [-0.1, -0.05) is 18.1 Å². The molecule has 0 saturated carbocycles. The highest BCUT2D eigenvalue weighted by Gasteiger charge is 2.31. The van der Waals surface area contributed by atoms with Crippen LogP contribution in [0.25, 0.3) is 0 Å². The number of ether oxygens (including phenoxy) is 2. The molecule has 1 atom stereocenters. The Labute approximate surface area is 115 Å². The van der Waals surface area contributed by atoms with E-state index >= 15 is 0 Å². The van der Waals surface area contributed by atoms with Crippen molar-refractivity contribution in [3.8, 4) is 23.8 Å². The number of hydrogen-bond donors (Lipinski definition) is 1. The Hall–Kier alpha value is -2.68. The lowest BCUT2D eigenvalue weighted by atomic mass is 10.2. The van der Waals surface area contributed by atoms with Crippen LogP contribution < -0.4 is 9.47 Å². The third-order valence-electron chi connectivity index (χ3n) is 2.70. The molecule has 1 heterocycles. The molecule has 1 aliphatic rings. The van der Waals surface area contributed by atoms with Crippen LogP contribution >= 0.6 is 0 Å². The van der Waals surface area contributed by atoms with Gasteiger partial charge in [0.2, 0.25) is 6.10 Å². The summed E-state index contributed by atoms with van der Waals surface area (Å²) in [5.74, 6) is 1.63. The number of benzene rings is 1. The van der Waals surface area contributed by atoms with Crippen LogP contribution in [0.4, 0.5) is 0 Å². The first-order valence-electron chi connectivity index (χ1n) is 5.94. The average Bonchev–Trinajstić information content (AvgIpc) is 2.45. The van der Waals surface area contributed by atoms with E-state index in [4.69, 9.17) is 21.0 Å². The number of fused-ring (bicyclic) bond motifs is 1. The lowest BCUT2D eigenvalue weighted by Gasteiger charge is -2.29. The van der Waals surface area contributed by atoms with Gasteiger partial charge in [0, 0.05) is 0 Å². The fraction of sp³-hybridized carbons (Fsp3) is 0.286. The van der Waals surface area contributed by atoms with E-state index in [9.17, 15) is 9.59 Å². The van der Waals surface area contributed by atoms with Gasteiger partial charge in [0.05, 0.1) is 6.54 Å². The first-order valence-corrected chi connectivity index (χ1v) is 5.94. The number of carboxylic acid groups (broad SMARTS) is 1. The van der Waals surface area contributed by atoms with Crippen molar-refractivity contribution in [2.45, 2.75) is 6.10 Å². The Bertz CT molecular complexity index is 563. The third kappa shape index (κ3) is 3.01. The van der Waals surface area contributed by atoms with Crippen molar-refractivity contribution < 1.29 is 24.2 Å². The number of para-hydroxylation sites is 2. The molecule has 1 amide bonds. The first kappa shape index (κ1) is 13.7. The van der Waals surface area contributed by atoms with E-state index in [2.05, 4.69) is 5.92 Å². The number of nitrogens with zero attached hydrogens (tertiary/aromatic N) is 1. The summed E-state index contributed by atoms with van der Waals surface area (Å²) in [5, 5.41) is 8.78. The van der Waals surface area contributed by atoms with Crippen molar-refractivity contribution in [3.05, 3.63) is 24.3 Å². The van der Waals surface area contributed by atoms with E-state index < -0.39 is 24.5 Å². The molecule has 1 aliphatic heterocycles. The van der Waals surface area contributed by atoms with Gasteiger partial charge in [0.25, 0.3) is 5.91 Å². The summed E-state index contributed by atoms with van der Waals surface area (Å²) in [5.41, 5.74) is 0. The van der Waals surface area contributed by atoms with E-state index in [1.807, 2.05) is 0 Å². The van der Waals surface area contributed by atoms with E-state index in [0.29, 0.717) is 11.5 Å². The minimum absolute atomic E-state index is 0.0243. The molecule has 6 heteroatoms. The fourth-order valence-corrected chi connectivity index (χ4v) is 1.83. The minimum Gasteiger partial charge on any atom is -0.485 e. The number of carbonyl (C=O) groups is 2. The predicted octanol–water partition coefficient (Wildman–Crippen LogP) is 0.373. The second-order valence-electron chi connectivity index (χ2n) is 4.16. The van der Waals surface area contributed by atoms with Crippen LogP contribution in [0.3, 0.4) is 0 Å². The zero-order chi connectivity index (χ0) is 14.5. The third-order valence-corrected chi connectivity index (χ3v) is 2.70. The SMILES string of the molecule is C#CCN(CC(=O)O)C(=O)C1COc2ccccc2O1. The molecule has 0 spiro atoms. The number of terminal acetylenes is 1. The highest BCUT2D eigenvalue weighted by atomic mass is 16.6. The molecule has 0 radical (unpaired) electrons. The lowest BCUT2D eigenvalue weighted by Crippen LogP contribution is -2.48.